The fraction of sp³-hybridized carbons (Fsp3) is 0.444. The Kier molecular flexibility index (Phi) is 8.26. The lowest BCUT2D eigenvalue weighted by Crippen LogP contribution is -2.50. The molecule has 0 saturated carbocycles. The van der Waals surface area contributed by atoms with Crippen LogP contribution in [0.15, 0.2) is 48.8 Å². The van der Waals surface area contributed by atoms with Crippen LogP contribution in [0.5, 0.6) is 5.75 Å². The maximum Gasteiger partial charge on any atom is 0.410 e. The first-order chi connectivity index (χ1) is 18.1. The fourth-order valence-corrected chi connectivity index (χ4v) is 4.24. The number of fused-ring (bicyclic) bond motifs is 1. The van der Waals surface area contributed by atoms with Gasteiger partial charge in [0.25, 0.3) is 0 Å². The molecule has 4 rings (SSSR count). The number of nitrogens with one attached hydrogen (secondary N) is 1. The van der Waals surface area contributed by atoms with Gasteiger partial charge in [0.1, 0.15) is 24.4 Å². The van der Waals surface area contributed by atoms with Crippen LogP contribution in [-0.4, -0.2) is 75.7 Å². The summed E-state index contributed by atoms with van der Waals surface area (Å²) in [6.45, 7) is 10.8. The third kappa shape index (κ3) is 6.86. The number of aromatic nitrogens is 2. The molecule has 0 bridgehead atoms. The predicted octanol–water partition coefficient (Wildman–Crippen LogP) is 4.64. The Morgan fingerprint density at radius 1 is 1.13 bits per heavy atom. The molecule has 1 aliphatic heterocycles. The number of nitro benzene ring substituents is 1. The van der Waals surface area contributed by atoms with E-state index in [0.717, 1.165) is 5.56 Å². The van der Waals surface area contributed by atoms with E-state index in [-0.39, 0.29) is 30.2 Å². The van der Waals surface area contributed by atoms with Gasteiger partial charge in [-0.05, 0) is 33.3 Å². The summed E-state index contributed by atoms with van der Waals surface area (Å²) in [6.07, 6.45) is 1.12. The van der Waals surface area contributed by atoms with Crippen LogP contribution in [0.2, 0.25) is 0 Å². The molecule has 202 valence electrons. The second-order valence-electron chi connectivity index (χ2n) is 10.3. The Bertz CT molecular complexity index is 1270. The van der Waals surface area contributed by atoms with Gasteiger partial charge in [-0.15, -0.1) is 0 Å². The summed E-state index contributed by atoms with van der Waals surface area (Å²) < 4.78 is 11.3. The minimum Gasteiger partial charge on any atom is -0.485 e. The van der Waals surface area contributed by atoms with Crippen LogP contribution in [0.3, 0.4) is 0 Å². The Balaban J connectivity index is 1.40. The molecule has 2 aromatic carbocycles. The van der Waals surface area contributed by atoms with Gasteiger partial charge in [0, 0.05) is 56.3 Å². The molecule has 1 atom stereocenters. The molecule has 38 heavy (non-hydrogen) atoms. The molecule has 1 N–H and O–H groups in total. The SMILES string of the molecule is CC(Nc1ncnc2cc(OCCN3CCN(C(=O)OC(C)(C)C)CC3)c([N+](=O)[O-])cc12)c1ccccc1. The quantitative estimate of drug-likeness (QED) is 0.333. The summed E-state index contributed by atoms with van der Waals surface area (Å²) in [5.41, 5.74) is 0.950. The number of benzene rings is 2. The van der Waals surface area contributed by atoms with Crippen LogP contribution < -0.4 is 10.1 Å². The summed E-state index contributed by atoms with van der Waals surface area (Å²) in [4.78, 5) is 36.2. The van der Waals surface area contributed by atoms with Crippen molar-refractivity contribution in [2.75, 3.05) is 44.6 Å². The van der Waals surface area contributed by atoms with E-state index in [9.17, 15) is 14.9 Å². The van der Waals surface area contributed by atoms with Crippen LogP contribution in [0, 0.1) is 10.1 Å². The highest BCUT2D eigenvalue weighted by atomic mass is 16.6. The van der Waals surface area contributed by atoms with Gasteiger partial charge in [-0.2, -0.15) is 0 Å². The number of rotatable bonds is 8. The minimum absolute atomic E-state index is 0.0555. The van der Waals surface area contributed by atoms with Crippen molar-refractivity contribution in [3.05, 3.63) is 64.5 Å². The molecule has 0 spiro atoms. The molecule has 1 unspecified atom stereocenters. The van der Waals surface area contributed by atoms with Gasteiger partial charge in [0.15, 0.2) is 5.75 Å². The maximum atomic E-state index is 12.3. The van der Waals surface area contributed by atoms with Crippen molar-refractivity contribution in [2.24, 2.45) is 0 Å². The van der Waals surface area contributed by atoms with E-state index in [4.69, 9.17) is 9.47 Å². The highest BCUT2D eigenvalue weighted by molar-refractivity contribution is 5.92. The molecule has 1 aliphatic rings. The van der Waals surface area contributed by atoms with Crippen molar-refractivity contribution in [1.82, 2.24) is 19.8 Å². The van der Waals surface area contributed by atoms with E-state index in [1.807, 2.05) is 58.0 Å². The van der Waals surface area contributed by atoms with E-state index in [0.29, 0.717) is 49.4 Å². The smallest absolute Gasteiger partial charge is 0.410 e. The van der Waals surface area contributed by atoms with Gasteiger partial charge >= 0.3 is 11.8 Å². The van der Waals surface area contributed by atoms with E-state index < -0.39 is 10.5 Å². The van der Waals surface area contributed by atoms with Gasteiger partial charge in [0.05, 0.1) is 10.4 Å². The van der Waals surface area contributed by atoms with Gasteiger partial charge in [-0.3, -0.25) is 15.0 Å². The number of amides is 1. The summed E-state index contributed by atoms with van der Waals surface area (Å²) in [7, 11) is 0. The lowest BCUT2D eigenvalue weighted by atomic mass is 10.1. The van der Waals surface area contributed by atoms with Crippen LogP contribution in [0.25, 0.3) is 10.9 Å². The Morgan fingerprint density at radius 2 is 1.84 bits per heavy atom. The molecule has 3 aromatic rings. The molecule has 0 radical (unpaired) electrons. The van der Waals surface area contributed by atoms with Crippen LogP contribution in [-0.2, 0) is 4.74 Å². The summed E-state index contributed by atoms with van der Waals surface area (Å²) in [5.74, 6) is 0.680. The average molecular weight is 523 g/mol. The second kappa shape index (κ2) is 11.6. The highest BCUT2D eigenvalue weighted by Gasteiger charge is 2.26. The zero-order chi connectivity index (χ0) is 27.3. The first-order valence-corrected chi connectivity index (χ1v) is 12.7. The molecule has 11 nitrogen and oxygen atoms in total. The van der Waals surface area contributed by atoms with Crippen molar-refractivity contribution in [3.63, 3.8) is 0 Å². The number of hydrogen-bond acceptors (Lipinski definition) is 9. The predicted molar refractivity (Wildman–Crippen MR) is 144 cm³/mol. The molecular formula is C27H34N6O5. The average Bonchev–Trinajstić information content (AvgIpc) is 2.88. The lowest BCUT2D eigenvalue weighted by Gasteiger charge is -2.35. The first-order valence-electron chi connectivity index (χ1n) is 12.7. The van der Waals surface area contributed by atoms with Crippen molar-refractivity contribution in [3.8, 4) is 5.75 Å². The third-order valence-electron chi connectivity index (χ3n) is 6.25. The van der Waals surface area contributed by atoms with E-state index in [1.165, 1.54) is 12.4 Å². The fourth-order valence-electron chi connectivity index (χ4n) is 4.24. The van der Waals surface area contributed by atoms with Crippen LogP contribution >= 0.6 is 0 Å². The molecule has 1 saturated heterocycles. The number of hydrogen-bond donors (Lipinski definition) is 1. The van der Waals surface area contributed by atoms with E-state index in [2.05, 4.69) is 20.2 Å². The number of ether oxygens (including phenoxy) is 2. The highest BCUT2D eigenvalue weighted by Crippen LogP contribution is 2.34. The zero-order valence-corrected chi connectivity index (χ0v) is 22.2. The van der Waals surface area contributed by atoms with Gasteiger partial charge in [-0.1, -0.05) is 30.3 Å². The van der Waals surface area contributed by atoms with Gasteiger partial charge in [-0.25, -0.2) is 14.8 Å². The molecule has 11 heteroatoms. The number of carbonyl (C=O) groups excluding carboxylic acids is 1. The number of piperazine rings is 1. The molecule has 2 heterocycles. The summed E-state index contributed by atoms with van der Waals surface area (Å²) in [5, 5.41) is 15.8. The van der Waals surface area contributed by atoms with Crippen molar-refractivity contribution in [1.29, 1.82) is 0 Å². The summed E-state index contributed by atoms with van der Waals surface area (Å²) in [6, 6.07) is 12.9. The topological polar surface area (TPSA) is 123 Å². The van der Waals surface area contributed by atoms with Crippen molar-refractivity contribution >= 4 is 28.5 Å². The largest absolute Gasteiger partial charge is 0.485 e. The van der Waals surface area contributed by atoms with Crippen LogP contribution in [0.1, 0.15) is 39.3 Å². The van der Waals surface area contributed by atoms with Gasteiger partial charge < -0.3 is 19.7 Å². The third-order valence-corrected chi connectivity index (χ3v) is 6.25. The van der Waals surface area contributed by atoms with Crippen molar-refractivity contribution < 1.29 is 19.2 Å². The monoisotopic (exact) mass is 522 g/mol. The summed E-state index contributed by atoms with van der Waals surface area (Å²) >= 11 is 0. The second-order valence-corrected chi connectivity index (χ2v) is 10.3. The standard InChI is InChI=1S/C27H34N6O5/c1-19(20-8-6-5-7-9-20)30-25-21-16-23(33(35)36)24(17-22(21)28-18-29-25)37-15-14-31-10-12-32(13-11-31)26(34)38-27(2,3)4/h5-9,16-19H,10-15H2,1-4H3,(H,28,29,30). The Labute approximate surface area is 221 Å². The number of anilines is 1. The molecular weight excluding hydrogens is 488 g/mol. The maximum absolute atomic E-state index is 12.3. The Morgan fingerprint density at radius 3 is 2.50 bits per heavy atom. The molecule has 1 aromatic heterocycles. The van der Waals surface area contributed by atoms with Crippen LogP contribution in [0.4, 0.5) is 16.3 Å². The number of nitrogens with zero attached hydrogens (tertiary/aromatic N) is 5. The van der Waals surface area contributed by atoms with Crippen molar-refractivity contribution in [2.45, 2.75) is 39.3 Å². The van der Waals surface area contributed by atoms with Gasteiger partial charge in [0.2, 0.25) is 0 Å². The first kappa shape index (κ1) is 27.1. The minimum atomic E-state index is -0.529. The molecule has 1 amide bonds. The zero-order valence-electron chi connectivity index (χ0n) is 22.2. The number of nitro groups is 1. The van der Waals surface area contributed by atoms with E-state index >= 15 is 0 Å². The number of carbonyl (C=O) groups is 1. The van der Waals surface area contributed by atoms with E-state index in [1.54, 1.807) is 11.0 Å². The normalized spacial score (nSPS) is 15.2. The lowest BCUT2D eigenvalue weighted by molar-refractivity contribution is -0.385. The molecule has 1 fully saturated rings. The molecule has 0 aliphatic carbocycles. The Hall–Kier alpha value is -3.99.